The van der Waals surface area contributed by atoms with Crippen LogP contribution in [0.15, 0.2) is 10.2 Å². The molecule has 0 spiro atoms. The zero-order valence-electron chi connectivity index (χ0n) is 10.3. The molecule has 0 unspecified atom stereocenters. The van der Waals surface area contributed by atoms with E-state index in [-0.39, 0.29) is 11.9 Å². The Kier molecular flexibility index (Phi) is 4.99. The van der Waals surface area contributed by atoms with Crippen LogP contribution < -0.4 is 0 Å². The van der Waals surface area contributed by atoms with Crippen LogP contribution in [0.2, 0.25) is 0 Å². The van der Waals surface area contributed by atoms with Gasteiger partial charge >= 0.3 is 0 Å². The third-order valence-corrected chi connectivity index (χ3v) is 2.99. The quantitative estimate of drug-likeness (QED) is 0.562. The molecule has 0 aliphatic carbocycles. The molecule has 4 nitrogen and oxygen atoms in total. The van der Waals surface area contributed by atoms with Crippen molar-refractivity contribution in [2.75, 3.05) is 5.75 Å². The number of hydrogen-bond acceptors (Lipinski definition) is 4. The van der Waals surface area contributed by atoms with Crippen molar-refractivity contribution >= 4 is 29.1 Å². The highest BCUT2D eigenvalue weighted by molar-refractivity contribution is 8.13. The number of amidine groups is 1. The van der Waals surface area contributed by atoms with Crippen LogP contribution in [0.25, 0.3) is 0 Å². The standard InChI is InChI=1S/C11H19N3OS/c1-8(2)7-12-13-11-14(9(3)4)10(15)5-6-16-11/h7-9H,5-6H2,1-4H3/b12-7+,13-11-. The molecule has 1 rings (SSSR count). The number of rotatable bonds is 3. The number of amides is 1. The summed E-state index contributed by atoms with van der Waals surface area (Å²) in [6.45, 7) is 8.07. The Morgan fingerprint density at radius 3 is 2.62 bits per heavy atom. The van der Waals surface area contributed by atoms with E-state index < -0.39 is 0 Å². The summed E-state index contributed by atoms with van der Waals surface area (Å²) in [6, 6.07) is 0.147. The molecule has 1 amide bonds. The van der Waals surface area contributed by atoms with Crippen molar-refractivity contribution in [3.05, 3.63) is 0 Å². The first kappa shape index (κ1) is 13.2. The molecule has 5 heteroatoms. The maximum atomic E-state index is 11.7. The summed E-state index contributed by atoms with van der Waals surface area (Å²) in [5.74, 6) is 1.33. The van der Waals surface area contributed by atoms with Crippen molar-refractivity contribution in [2.24, 2.45) is 16.1 Å². The van der Waals surface area contributed by atoms with Gasteiger partial charge in [-0.1, -0.05) is 25.6 Å². The average Bonchev–Trinajstić information content (AvgIpc) is 2.16. The molecule has 1 heterocycles. The van der Waals surface area contributed by atoms with Crippen LogP contribution in [0.1, 0.15) is 34.1 Å². The summed E-state index contributed by atoms with van der Waals surface area (Å²) in [5, 5.41) is 8.87. The molecule has 1 aliphatic heterocycles. The largest absolute Gasteiger partial charge is 0.287 e. The highest BCUT2D eigenvalue weighted by atomic mass is 32.2. The smallest absolute Gasteiger partial charge is 0.229 e. The summed E-state index contributed by atoms with van der Waals surface area (Å²) >= 11 is 1.60. The van der Waals surface area contributed by atoms with E-state index >= 15 is 0 Å². The predicted molar refractivity (Wildman–Crippen MR) is 69.8 cm³/mol. The molecule has 1 aliphatic rings. The summed E-state index contributed by atoms with van der Waals surface area (Å²) in [6.07, 6.45) is 2.38. The fourth-order valence-electron chi connectivity index (χ4n) is 1.33. The highest BCUT2D eigenvalue weighted by Crippen LogP contribution is 2.21. The Hall–Kier alpha value is -0.840. The minimum atomic E-state index is 0.146. The van der Waals surface area contributed by atoms with Crippen molar-refractivity contribution in [3.8, 4) is 0 Å². The van der Waals surface area contributed by atoms with Crippen molar-refractivity contribution < 1.29 is 4.79 Å². The summed E-state index contributed by atoms with van der Waals surface area (Å²) < 4.78 is 0. The lowest BCUT2D eigenvalue weighted by atomic mass is 10.3. The zero-order valence-corrected chi connectivity index (χ0v) is 11.1. The molecule has 1 fully saturated rings. The Labute approximate surface area is 101 Å². The van der Waals surface area contributed by atoms with Gasteiger partial charge in [-0.2, -0.15) is 5.10 Å². The highest BCUT2D eigenvalue weighted by Gasteiger charge is 2.27. The first-order valence-corrected chi connectivity index (χ1v) is 6.57. The van der Waals surface area contributed by atoms with Crippen LogP contribution in [0.4, 0.5) is 0 Å². The Balaban J connectivity index is 2.79. The Bertz CT molecular complexity index is 310. The topological polar surface area (TPSA) is 45.0 Å². The molecule has 16 heavy (non-hydrogen) atoms. The first-order chi connectivity index (χ1) is 7.52. The van der Waals surface area contributed by atoms with Gasteiger partial charge in [0, 0.05) is 24.4 Å². The Morgan fingerprint density at radius 2 is 2.06 bits per heavy atom. The van der Waals surface area contributed by atoms with Gasteiger partial charge in [0.05, 0.1) is 0 Å². The van der Waals surface area contributed by atoms with Gasteiger partial charge in [-0.25, -0.2) is 0 Å². The molecule has 0 aromatic heterocycles. The Morgan fingerprint density at radius 1 is 1.38 bits per heavy atom. The fourth-order valence-corrected chi connectivity index (χ4v) is 2.34. The second-order valence-corrected chi connectivity index (χ2v) is 5.41. The number of nitrogens with zero attached hydrogens (tertiary/aromatic N) is 3. The maximum Gasteiger partial charge on any atom is 0.229 e. The lowest BCUT2D eigenvalue weighted by Crippen LogP contribution is -2.43. The first-order valence-electron chi connectivity index (χ1n) is 5.58. The molecule has 0 aromatic rings. The summed E-state index contributed by atoms with van der Waals surface area (Å²) in [5.41, 5.74) is 0. The molecule has 0 aromatic carbocycles. The number of carbonyl (C=O) groups excluding carboxylic acids is 1. The van der Waals surface area contributed by atoms with E-state index in [4.69, 9.17) is 0 Å². The predicted octanol–water partition coefficient (Wildman–Crippen LogP) is 2.36. The van der Waals surface area contributed by atoms with Gasteiger partial charge < -0.3 is 0 Å². The second kappa shape index (κ2) is 6.03. The minimum Gasteiger partial charge on any atom is -0.287 e. The van der Waals surface area contributed by atoms with E-state index in [1.807, 2.05) is 27.7 Å². The lowest BCUT2D eigenvalue weighted by Gasteiger charge is -2.30. The van der Waals surface area contributed by atoms with E-state index in [2.05, 4.69) is 10.2 Å². The van der Waals surface area contributed by atoms with Crippen LogP contribution >= 0.6 is 11.8 Å². The molecular formula is C11H19N3OS. The average molecular weight is 241 g/mol. The van der Waals surface area contributed by atoms with Gasteiger partial charge in [-0.15, -0.1) is 5.10 Å². The molecule has 1 saturated heterocycles. The second-order valence-electron chi connectivity index (χ2n) is 4.35. The van der Waals surface area contributed by atoms with Crippen LogP contribution in [0.5, 0.6) is 0 Å². The fraction of sp³-hybridized carbons (Fsp3) is 0.727. The molecule has 0 radical (unpaired) electrons. The van der Waals surface area contributed by atoms with Gasteiger partial charge in [-0.05, 0) is 19.8 Å². The van der Waals surface area contributed by atoms with Crippen molar-refractivity contribution in [1.29, 1.82) is 0 Å². The van der Waals surface area contributed by atoms with Gasteiger partial charge in [-0.3, -0.25) is 9.69 Å². The number of carbonyl (C=O) groups is 1. The van der Waals surface area contributed by atoms with E-state index in [0.29, 0.717) is 12.3 Å². The molecule has 0 N–H and O–H groups in total. The third-order valence-electron chi connectivity index (χ3n) is 2.05. The van der Waals surface area contributed by atoms with Crippen LogP contribution in [-0.2, 0) is 4.79 Å². The van der Waals surface area contributed by atoms with Crippen molar-refractivity contribution in [2.45, 2.75) is 40.2 Å². The van der Waals surface area contributed by atoms with Gasteiger partial charge in [0.2, 0.25) is 5.91 Å². The van der Waals surface area contributed by atoms with Gasteiger partial charge in [0.1, 0.15) is 0 Å². The number of hydrogen-bond donors (Lipinski definition) is 0. The van der Waals surface area contributed by atoms with Crippen LogP contribution in [0, 0.1) is 5.92 Å². The maximum absolute atomic E-state index is 11.7. The monoisotopic (exact) mass is 241 g/mol. The van der Waals surface area contributed by atoms with E-state index in [1.54, 1.807) is 22.9 Å². The van der Waals surface area contributed by atoms with E-state index in [9.17, 15) is 4.79 Å². The SMILES string of the molecule is CC(C)/C=N/N=C1\SCCC(=O)N1C(C)C. The van der Waals surface area contributed by atoms with E-state index in [0.717, 1.165) is 10.9 Å². The summed E-state index contributed by atoms with van der Waals surface area (Å²) in [7, 11) is 0. The van der Waals surface area contributed by atoms with Crippen molar-refractivity contribution in [1.82, 2.24) is 4.90 Å². The molecule has 0 bridgehead atoms. The van der Waals surface area contributed by atoms with Crippen LogP contribution in [-0.4, -0.2) is 34.0 Å². The summed E-state index contributed by atoms with van der Waals surface area (Å²) in [4.78, 5) is 13.5. The molecular weight excluding hydrogens is 222 g/mol. The van der Waals surface area contributed by atoms with Gasteiger partial charge in [0.15, 0.2) is 5.17 Å². The van der Waals surface area contributed by atoms with Crippen molar-refractivity contribution in [3.63, 3.8) is 0 Å². The van der Waals surface area contributed by atoms with Crippen LogP contribution in [0.3, 0.4) is 0 Å². The number of thioether (sulfide) groups is 1. The normalized spacial score (nSPS) is 20.8. The lowest BCUT2D eigenvalue weighted by molar-refractivity contribution is -0.128. The third kappa shape index (κ3) is 3.63. The van der Waals surface area contributed by atoms with E-state index in [1.165, 1.54) is 0 Å². The zero-order chi connectivity index (χ0) is 12.1. The van der Waals surface area contributed by atoms with Gasteiger partial charge in [0.25, 0.3) is 0 Å². The molecule has 90 valence electrons. The molecule has 0 saturated carbocycles. The minimum absolute atomic E-state index is 0.146. The molecule has 0 atom stereocenters.